The quantitative estimate of drug-likeness (QED) is 0.263. The number of alkyl halides is 1. The number of ether oxygens (including phenoxy) is 3. The Balaban J connectivity index is 2.85. The molecule has 1 N–H and O–H groups in total. The van der Waals surface area contributed by atoms with Gasteiger partial charge in [-0.15, -0.1) is 0 Å². The number of methoxy groups -OCH3 is 1. The highest BCUT2D eigenvalue weighted by atomic mass is 79.9. The summed E-state index contributed by atoms with van der Waals surface area (Å²) < 4.78 is 14.5. The molecule has 114 valence electrons. The van der Waals surface area contributed by atoms with E-state index in [1.54, 1.807) is 38.3 Å². The van der Waals surface area contributed by atoms with Crippen molar-refractivity contribution in [3.8, 4) is 5.75 Å². The van der Waals surface area contributed by atoms with E-state index >= 15 is 0 Å². The van der Waals surface area contributed by atoms with Crippen molar-refractivity contribution in [2.45, 2.75) is 6.92 Å². The number of benzene rings is 1. The summed E-state index contributed by atoms with van der Waals surface area (Å²) in [7, 11) is 1.55. The van der Waals surface area contributed by atoms with Gasteiger partial charge in [-0.25, -0.2) is 9.59 Å². The van der Waals surface area contributed by atoms with Crippen LogP contribution >= 0.6 is 15.9 Å². The van der Waals surface area contributed by atoms with Crippen molar-refractivity contribution in [1.82, 2.24) is 0 Å². The highest BCUT2D eigenvalue weighted by Crippen LogP contribution is 2.14. The predicted molar refractivity (Wildman–Crippen MR) is 80.6 cm³/mol. The van der Waals surface area contributed by atoms with E-state index in [1.807, 2.05) is 0 Å². The van der Waals surface area contributed by atoms with Crippen LogP contribution in [0.2, 0.25) is 0 Å². The number of hydrogen-bond donors (Lipinski definition) is 1. The van der Waals surface area contributed by atoms with Gasteiger partial charge in [-0.05, 0) is 47.1 Å². The predicted octanol–water partition coefficient (Wildman–Crippen LogP) is 1.92. The maximum Gasteiger partial charge on any atom is 0.367 e. The molecule has 21 heavy (non-hydrogen) atoms. The number of nitrogens with one attached hydrogen (secondary N) is 1. The molecule has 0 radical (unpaired) electrons. The Morgan fingerprint density at radius 3 is 2.33 bits per heavy atom. The van der Waals surface area contributed by atoms with Crippen LogP contribution in [-0.2, 0) is 19.1 Å². The number of carbonyl (C=O) groups is 2. The Morgan fingerprint density at radius 1 is 1.19 bits per heavy atom. The molecule has 0 saturated carbocycles. The zero-order chi connectivity index (χ0) is 15.7. The molecule has 0 atom stereocenters. The number of anilines is 1. The van der Waals surface area contributed by atoms with Crippen LogP contribution in [0.5, 0.6) is 5.75 Å². The van der Waals surface area contributed by atoms with Gasteiger partial charge in [-0.3, -0.25) is 5.43 Å². The molecule has 1 aromatic carbocycles. The minimum absolute atomic E-state index is 0.0488. The van der Waals surface area contributed by atoms with E-state index in [-0.39, 0.29) is 12.1 Å². The second-order valence-corrected chi connectivity index (χ2v) is 4.02. The molecule has 0 spiro atoms. The van der Waals surface area contributed by atoms with Gasteiger partial charge in [0.05, 0.1) is 19.4 Å². The van der Waals surface area contributed by atoms with Crippen molar-refractivity contribution in [3.05, 3.63) is 24.3 Å². The molecule has 1 rings (SSSR count). The third kappa shape index (κ3) is 5.42. The van der Waals surface area contributed by atoms with Gasteiger partial charge in [-0.2, -0.15) is 5.10 Å². The second kappa shape index (κ2) is 8.96. The van der Waals surface area contributed by atoms with Gasteiger partial charge in [0.2, 0.25) is 0 Å². The molecule has 0 amide bonds. The fourth-order valence-electron chi connectivity index (χ4n) is 1.28. The van der Waals surface area contributed by atoms with Crippen molar-refractivity contribution in [1.29, 1.82) is 0 Å². The SMILES string of the molecule is CCOC(=O)/C(=N/Nc1ccc(OC)cc1)C(=O)OCBr. The summed E-state index contributed by atoms with van der Waals surface area (Å²) in [5.41, 5.74) is 2.65. The van der Waals surface area contributed by atoms with Gasteiger partial charge in [0.15, 0.2) is 0 Å². The number of halogens is 1. The van der Waals surface area contributed by atoms with E-state index in [4.69, 9.17) is 9.47 Å². The first-order valence-electron chi connectivity index (χ1n) is 6.00. The minimum Gasteiger partial charge on any atom is -0.497 e. The van der Waals surface area contributed by atoms with Crippen LogP contribution in [0.1, 0.15) is 6.92 Å². The van der Waals surface area contributed by atoms with Crippen LogP contribution in [0.15, 0.2) is 29.4 Å². The summed E-state index contributed by atoms with van der Waals surface area (Å²) >= 11 is 2.93. The summed E-state index contributed by atoms with van der Waals surface area (Å²) in [6, 6.07) is 6.78. The molecule has 0 fully saturated rings. The number of carbonyl (C=O) groups excluding carboxylic acids is 2. The molecule has 8 heteroatoms. The van der Waals surface area contributed by atoms with E-state index in [1.165, 1.54) is 0 Å². The molecule has 0 heterocycles. The molecule has 0 aromatic heterocycles. The average Bonchev–Trinajstić information content (AvgIpc) is 2.48. The van der Waals surface area contributed by atoms with Crippen molar-refractivity contribution in [3.63, 3.8) is 0 Å². The standard InChI is InChI=1S/C13H15BrN2O5/c1-3-20-12(17)11(13(18)21-8-14)16-15-9-4-6-10(19-2)7-5-9/h4-7,15H,3,8H2,1-2H3/b16-11-. The van der Waals surface area contributed by atoms with Gasteiger partial charge >= 0.3 is 11.9 Å². The summed E-state index contributed by atoms with van der Waals surface area (Å²) in [6.45, 7) is 1.75. The fourth-order valence-corrected chi connectivity index (χ4v) is 1.49. The first-order chi connectivity index (χ1) is 10.1. The monoisotopic (exact) mass is 358 g/mol. The first-order valence-corrected chi connectivity index (χ1v) is 7.12. The molecule has 1 aromatic rings. The van der Waals surface area contributed by atoms with Crippen LogP contribution in [0.3, 0.4) is 0 Å². The van der Waals surface area contributed by atoms with Crippen LogP contribution in [-0.4, -0.2) is 36.9 Å². The third-order valence-electron chi connectivity index (χ3n) is 2.23. The van der Waals surface area contributed by atoms with E-state index in [2.05, 4.69) is 31.2 Å². The molecule has 0 saturated heterocycles. The van der Waals surface area contributed by atoms with Gasteiger partial charge < -0.3 is 14.2 Å². The van der Waals surface area contributed by atoms with Crippen molar-refractivity contribution >= 4 is 39.3 Å². The Hall–Kier alpha value is -2.09. The Kier molecular flexibility index (Phi) is 7.24. The topological polar surface area (TPSA) is 86.2 Å². The van der Waals surface area contributed by atoms with Gasteiger partial charge in [0.1, 0.15) is 11.3 Å². The van der Waals surface area contributed by atoms with E-state index in [9.17, 15) is 9.59 Å². The molecule has 0 unspecified atom stereocenters. The van der Waals surface area contributed by atoms with Crippen LogP contribution in [0.25, 0.3) is 0 Å². The lowest BCUT2D eigenvalue weighted by molar-refractivity contribution is -0.139. The number of rotatable bonds is 7. The number of hydrazone groups is 1. The normalized spacial score (nSPS) is 10.7. The highest BCUT2D eigenvalue weighted by Gasteiger charge is 2.23. The van der Waals surface area contributed by atoms with Gasteiger partial charge in [0, 0.05) is 0 Å². The number of nitrogens with zero attached hydrogens (tertiary/aromatic N) is 1. The van der Waals surface area contributed by atoms with Crippen LogP contribution in [0, 0.1) is 0 Å². The zero-order valence-electron chi connectivity index (χ0n) is 11.6. The van der Waals surface area contributed by atoms with E-state index in [0.29, 0.717) is 11.4 Å². The van der Waals surface area contributed by atoms with Crippen molar-refractivity contribution in [2.24, 2.45) is 5.10 Å². The lowest BCUT2D eigenvalue weighted by Gasteiger charge is -2.06. The molecule has 0 aliphatic heterocycles. The van der Waals surface area contributed by atoms with E-state index in [0.717, 1.165) is 0 Å². The summed E-state index contributed by atoms with van der Waals surface area (Å²) in [6.07, 6.45) is 0. The minimum atomic E-state index is -0.883. The van der Waals surface area contributed by atoms with Crippen LogP contribution in [0.4, 0.5) is 5.69 Å². The molecule has 0 aliphatic rings. The third-order valence-corrected chi connectivity index (χ3v) is 2.46. The van der Waals surface area contributed by atoms with Crippen molar-refractivity contribution in [2.75, 3.05) is 24.7 Å². The van der Waals surface area contributed by atoms with E-state index < -0.39 is 17.7 Å². The number of hydrogen-bond acceptors (Lipinski definition) is 7. The smallest absolute Gasteiger partial charge is 0.367 e. The molecular formula is C13H15BrN2O5. The lowest BCUT2D eigenvalue weighted by atomic mass is 10.3. The first kappa shape index (κ1) is 17.0. The number of esters is 2. The Labute approximate surface area is 130 Å². The maximum atomic E-state index is 11.7. The van der Waals surface area contributed by atoms with Gasteiger partial charge in [-0.1, -0.05) is 0 Å². The summed E-state index contributed by atoms with van der Waals surface area (Å²) in [5, 5.41) is 3.74. The summed E-state index contributed by atoms with van der Waals surface area (Å²) in [5.74, 6) is -1.07. The average molecular weight is 359 g/mol. The second-order valence-electron chi connectivity index (χ2n) is 3.56. The lowest BCUT2D eigenvalue weighted by Crippen LogP contribution is -2.29. The Bertz CT molecular complexity index is 496. The highest BCUT2D eigenvalue weighted by molar-refractivity contribution is 9.09. The summed E-state index contributed by atoms with van der Waals surface area (Å²) in [4.78, 5) is 23.3. The van der Waals surface area contributed by atoms with Crippen molar-refractivity contribution < 1.29 is 23.8 Å². The molecule has 7 nitrogen and oxygen atoms in total. The largest absolute Gasteiger partial charge is 0.497 e. The molecule has 0 aliphatic carbocycles. The van der Waals surface area contributed by atoms with Gasteiger partial charge in [0.25, 0.3) is 5.71 Å². The van der Waals surface area contributed by atoms with Crippen LogP contribution < -0.4 is 10.2 Å². The fraction of sp³-hybridized carbons (Fsp3) is 0.308. The molecule has 0 bridgehead atoms. The Morgan fingerprint density at radius 2 is 1.81 bits per heavy atom. The zero-order valence-corrected chi connectivity index (χ0v) is 13.2. The maximum absolute atomic E-state index is 11.7. The molecular weight excluding hydrogens is 344 g/mol.